The molecule has 156 valence electrons. The summed E-state index contributed by atoms with van der Waals surface area (Å²) in [6.07, 6.45) is -3.77. The van der Waals surface area contributed by atoms with Gasteiger partial charge in [0.05, 0.1) is 11.3 Å². The van der Waals surface area contributed by atoms with Gasteiger partial charge in [-0.05, 0) is 43.3 Å². The fraction of sp³-hybridized carbons (Fsp3) is 0.158. The van der Waals surface area contributed by atoms with Crippen molar-refractivity contribution < 1.29 is 32.7 Å². The molecule has 0 bridgehead atoms. The lowest BCUT2D eigenvalue weighted by Gasteiger charge is -2.10. The Bertz CT molecular complexity index is 1140. The number of aromatic nitrogens is 2. The first-order valence-corrected chi connectivity index (χ1v) is 8.53. The van der Waals surface area contributed by atoms with E-state index in [1.807, 2.05) is 0 Å². The summed E-state index contributed by atoms with van der Waals surface area (Å²) in [6.45, 7) is 0.968. The van der Waals surface area contributed by atoms with Crippen LogP contribution in [-0.4, -0.2) is 38.8 Å². The molecule has 0 aliphatic heterocycles. The maximum atomic E-state index is 13.0. The number of imidazole rings is 1. The number of amides is 2. The van der Waals surface area contributed by atoms with Crippen molar-refractivity contribution in [1.82, 2.24) is 14.7 Å². The molecule has 8 nitrogen and oxygen atoms in total. The summed E-state index contributed by atoms with van der Waals surface area (Å²) in [7, 11) is 0. The summed E-state index contributed by atoms with van der Waals surface area (Å²) in [6, 6.07) is 7.63. The summed E-state index contributed by atoms with van der Waals surface area (Å²) in [5.74, 6) is -2.47. The smallest absolute Gasteiger partial charge is 0.417 e. The van der Waals surface area contributed by atoms with Gasteiger partial charge in [0.2, 0.25) is 0 Å². The van der Waals surface area contributed by atoms with Crippen LogP contribution in [0, 0.1) is 6.92 Å². The van der Waals surface area contributed by atoms with Crippen molar-refractivity contribution in [2.24, 2.45) is 0 Å². The maximum Gasteiger partial charge on any atom is 0.417 e. The van der Waals surface area contributed by atoms with E-state index in [0.29, 0.717) is 0 Å². The fourth-order valence-electron chi connectivity index (χ4n) is 2.76. The van der Waals surface area contributed by atoms with Crippen LogP contribution >= 0.6 is 0 Å². The number of hydrogen-bond acceptors (Lipinski definition) is 4. The Morgan fingerprint density at radius 3 is 2.33 bits per heavy atom. The van der Waals surface area contributed by atoms with Crippen LogP contribution in [0.2, 0.25) is 0 Å². The number of fused-ring (bicyclic) bond motifs is 1. The van der Waals surface area contributed by atoms with Gasteiger partial charge in [0, 0.05) is 17.4 Å². The van der Waals surface area contributed by atoms with Crippen molar-refractivity contribution in [2.75, 3.05) is 11.9 Å². The molecule has 2 aromatic heterocycles. The highest BCUT2D eigenvalue weighted by Crippen LogP contribution is 2.30. The summed E-state index contributed by atoms with van der Waals surface area (Å²) < 4.78 is 40.1. The monoisotopic (exact) mass is 420 g/mol. The minimum Gasteiger partial charge on any atom is -0.480 e. The SMILES string of the molecule is Cc1nc2ccc(C(F)(F)F)cn2c1C(=O)Nc1ccc(C(=O)NCC(=O)O)cc1. The number of benzene rings is 1. The highest BCUT2D eigenvalue weighted by molar-refractivity contribution is 6.05. The molecule has 0 saturated carbocycles. The van der Waals surface area contributed by atoms with E-state index in [1.54, 1.807) is 0 Å². The number of carboxylic acids is 1. The molecule has 2 amide bonds. The van der Waals surface area contributed by atoms with E-state index in [4.69, 9.17) is 5.11 Å². The number of aryl methyl sites for hydroxylation is 1. The molecule has 0 fully saturated rings. The van der Waals surface area contributed by atoms with Gasteiger partial charge in [0.25, 0.3) is 11.8 Å². The predicted molar refractivity (Wildman–Crippen MR) is 99.3 cm³/mol. The number of nitrogens with one attached hydrogen (secondary N) is 2. The zero-order valence-corrected chi connectivity index (χ0v) is 15.4. The summed E-state index contributed by atoms with van der Waals surface area (Å²) in [5, 5.41) is 13.3. The average molecular weight is 420 g/mol. The normalized spacial score (nSPS) is 11.3. The van der Waals surface area contributed by atoms with Gasteiger partial charge in [0.15, 0.2) is 0 Å². The highest BCUT2D eigenvalue weighted by atomic mass is 19.4. The number of aliphatic carboxylic acids is 1. The molecule has 0 saturated heterocycles. The molecule has 0 aliphatic carbocycles. The number of rotatable bonds is 5. The molecule has 3 N–H and O–H groups in total. The van der Waals surface area contributed by atoms with Crippen LogP contribution in [0.15, 0.2) is 42.6 Å². The Labute approximate surface area is 167 Å². The minimum absolute atomic E-state index is 0.0561. The van der Waals surface area contributed by atoms with E-state index in [1.165, 1.54) is 37.3 Å². The van der Waals surface area contributed by atoms with Gasteiger partial charge in [-0.1, -0.05) is 0 Å². The lowest BCUT2D eigenvalue weighted by molar-refractivity contribution is -0.138. The number of carboxylic acid groups (broad SMARTS) is 1. The Hall–Kier alpha value is -3.89. The molecule has 0 radical (unpaired) electrons. The summed E-state index contributed by atoms with van der Waals surface area (Å²) in [4.78, 5) is 39.1. The number of halogens is 3. The lowest BCUT2D eigenvalue weighted by Crippen LogP contribution is -2.29. The van der Waals surface area contributed by atoms with Crippen molar-refractivity contribution in [3.63, 3.8) is 0 Å². The third-order valence-corrected chi connectivity index (χ3v) is 4.14. The molecule has 0 atom stereocenters. The Balaban J connectivity index is 1.82. The van der Waals surface area contributed by atoms with Crippen molar-refractivity contribution in [3.8, 4) is 0 Å². The van der Waals surface area contributed by atoms with Crippen LogP contribution in [0.4, 0.5) is 18.9 Å². The third kappa shape index (κ3) is 4.40. The quantitative estimate of drug-likeness (QED) is 0.588. The second-order valence-corrected chi connectivity index (χ2v) is 6.30. The average Bonchev–Trinajstić information content (AvgIpc) is 3.00. The van der Waals surface area contributed by atoms with E-state index in [0.717, 1.165) is 16.7 Å². The molecular weight excluding hydrogens is 405 g/mol. The molecule has 30 heavy (non-hydrogen) atoms. The topological polar surface area (TPSA) is 113 Å². The van der Waals surface area contributed by atoms with Gasteiger partial charge in [-0.25, -0.2) is 4.98 Å². The number of pyridine rings is 1. The van der Waals surface area contributed by atoms with Gasteiger partial charge in [-0.15, -0.1) is 0 Å². The molecule has 2 heterocycles. The molecule has 1 aromatic carbocycles. The Kier molecular flexibility index (Phi) is 5.45. The van der Waals surface area contributed by atoms with Gasteiger partial charge in [-0.3, -0.25) is 18.8 Å². The zero-order chi connectivity index (χ0) is 22.1. The second kappa shape index (κ2) is 7.85. The molecular formula is C19H15F3N4O4. The van der Waals surface area contributed by atoms with E-state index in [2.05, 4.69) is 15.6 Å². The minimum atomic E-state index is -4.57. The van der Waals surface area contributed by atoms with Crippen molar-refractivity contribution in [3.05, 3.63) is 65.1 Å². The van der Waals surface area contributed by atoms with Crippen LogP contribution in [0.1, 0.15) is 32.1 Å². The Morgan fingerprint density at radius 1 is 1.07 bits per heavy atom. The number of carbonyl (C=O) groups is 3. The largest absolute Gasteiger partial charge is 0.480 e. The number of alkyl halides is 3. The van der Waals surface area contributed by atoms with E-state index in [9.17, 15) is 27.6 Å². The predicted octanol–water partition coefficient (Wildman–Crippen LogP) is 2.73. The summed E-state index contributed by atoms with van der Waals surface area (Å²) in [5.41, 5.74) is -0.0729. The molecule has 0 spiro atoms. The molecule has 3 rings (SSSR count). The number of nitrogens with zero attached hydrogens (tertiary/aromatic N) is 2. The van der Waals surface area contributed by atoms with E-state index >= 15 is 0 Å². The molecule has 0 unspecified atom stereocenters. The molecule has 0 aliphatic rings. The van der Waals surface area contributed by atoms with Crippen LogP contribution in [0.25, 0.3) is 5.65 Å². The number of carbonyl (C=O) groups excluding carboxylic acids is 2. The number of hydrogen-bond donors (Lipinski definition) is 3. The zero-order valence-electron chi connectivity index (χ0n) is 15.4. The van der Waals surface area contributed by atoms with Crippen molar-refractivity contribution >= 4 is 29.1 Å². The molecule has 3 aromatic rings. The number of anilines is 1. The van der Waals surface area contributed by atoms with Gasteiger partial charge >= 0.3 is 12.1 Å². The highest BCUT2D eigenvalue weighted by Gasteiger charge is 2.31. The van der Waals surface area contributed by atoms with Crippen LogP contribution in [0.5, 0.6) is 0 Å². The van der Waals surface area contributed by atoms with Crippen LogP contribution in [-0.2, 0) is 11.0 Å². The van der Waals surface area contributed by atoms with Crippen LogP contribution in [0.3, 0.4) is 0 Å². The van der Waals surface area contributed by atoms with Crippen molar-refractivity contribution in [2.45, 2.75) is 13.1 Å². The lowest BCUT2D eigenvalue weighted by atomic mass is 10.2. The van der Waals surface area contributed by atoms with Gasteiger partial charge in [-0.2, -0.15) is 13.2 Å². The second-order valence-electron chi connectivity index (χ2n) is 6.30. The standard InChI is InChI=1S/C19H15F3N4O4/c1-10-16(26-9-12(19(20,21)22)4-7-14(26)24-10)18(30)25-13-5-2-11(3-6-13)17(29)23-8-15(27)28/h2-7,9H,8H2,1H3,(H,23,29)(H,25,30)(H,27,28). The fourth-order valence-corrected chi connectivity index (χ4v) is 2.76. The van der Waals surface area contributed by atoms with E-state index < -0.39 is 36.1 Å². The first-order valence-electron chi connectivity index (χ1n) is 8.53. The first-order chi connectivity index (χ1) is 14.1. The van der Waals surface area contributed by atoms with Gasteiger partial charge < -0.3 is 15.7 Å². The third-order valence-electron chi connectivity index (χ3n) is 4.14. The summed E-state index contributed by atoms with van der Waals surface area (Å²) >= 11 is 0. The molecule has 11 heteroatoms. The van der Waals surface area contributed by atoms with Crippen molar-refractivity contribution in [1.29, 1.82) is 0 Å². The van der Waals surface area contributed by atoms with E-state index in [-0.39, 0.29) is 28.3 Å². The van der Waals surface area contributed by atoms with Gasteiger partial charge in [0.1, 0.15) is 17.9 Å². The maximum absolute atomic E-state index is 13.0. The van der Waals surface area contributed by atoms with Crippen LogP contribution < -0.4 is 10.6 Å². The Morgan fingerprint density at radius 2 is 1.73 bits per heavy atom. The first kappa shape index (κ1) is 20.8.